The summed E-state index contributed by atoms with van der Waals surface area (Å²) in [5.41, 5.74) is 0.261. The van der Waals surface area contributed by atoms with Gasteiger partial charge >= 0.3 is 6.03 Å². The predicted octanol–water partition coefficient (Wildman–Crippen LogP) is 2.30. The highest BCUT2D eigenvalue weighted by molar-refractivity contribution is 6.31. The van der Waals surface area contributed by atoms with Crippen LogP contribution < -0.4 is 10.6 Å². The van der Waals surface area contributed by atoms with Crippen molar-refractivity contribution in [2.24, 2.45) is 0 Å². The molecule has 0 unspecified atom stereocenters. The lowest BCUT2D eigenvalue weighted by atomic mass is 9.86. The summed E-state index contributed by atoms with van der Waals surface area (Å²) in [6, 6.07) is 3.87. The molecule has 6 nitrogen and oxygen atoms in total. The summed E-state index contributed by atoms with van der Waals surface area (Å²) in [7, 11) is 2.05. The predicted molar refractivity (Wildman–Crippen MR) is 94.2 cm³/mol. The molecule has 2 N–H and O–H groups in total. The van der Waals surface area contributed by atoms with E-state index < -0.39 is 5.82 Å². The standard InChI is InChI=1S/C17H22ClFN4O2/c1-22-8-9-23(11-17(22)5-4-15(24)20-7-6-17)16(25)21-12-2-3-14(19)13(18)10-12/h2-3,10H,4-9,11H2,1H3,(H,20,24)(H,21,25)/t17-/m0/s1. The van der Waals surface area contributed by atoms with E-state index >= 15 is 0 Å². The van der Waals surface area contributed by atoms with E-state index in [0.717, 1.165) is 19.4 Å². The van der Waals surface area contributed by atoms with Crippen molar-refractivity contribution < 1.29 is 14.0 Å². The summed E-state index contributed by atoms with van der Waals surface area (Å²) in [5, 5.41) is 5.65. The molecule has 0 aliphatic carbocycles. The number of nitrogens with one attached hydrogen (secondary N) is 2. The quantitative estimate of drug-likeness (QED) is 0.799. The maximum atomic E-state index is 13.2. The lowest BCUT2D eigenvalue weighted by Crippen LogP contribution is -2.62. The molecule has 0 saturated carbocycles. The molecule has 0 radical (unpaired) electrons. The van der Waals surface area contributed by atoms with E-state index in [2.05, 4.69) is 15.5 Å². The zero-order chi connectivity index (χ0) is 18.0. The number of anilines is 1. The van der Waals surface area contributed by atoms with Gasteiger partial charge in [-0.05, 0) is 38.1 Å². The molecule has 3 amide bonds. The summed E-state index contributed by atoms with van der Waals surface area (Å²) >= 11 is 5.77. The molecule has 3 rings (SSSR count). The van der Waals surface area contributed by atoms with Crippen molar-refractivity contribution in [2.45, 2.75) is 24.8 Å². The molecular weight excluding hydrogens is 347 g/mol. The van der Waals surface area contributed by atoms with Crippen LogP contribution in [-0.2, 0) is 4.79 Å². The first-order valence-electron chi connectivity index (χ1n) is 8.39. The van der Waals surface area contributed by atoms with Crippen LogP contribution in [-0.4, -0.2) is 60.5 Å². The van der Waals surface area contributed by atoms with Gasteiger partial charge in [0.05, 0.1) is 5.02 Å². The summed E-state index contributed by atoms with van der Waals surface area (Å²) in [6.45, 7) is 2.51. The average molecular weight is 369 g/mol. The Morgan fingerprint density at radius 1 is 1.36 bits per heavy atom. The van der Waals surface area contributed by atoms with Crippen LogP contribution in [0.25, 0.3) is 0 Å². The number of hydrogen-bond donors (Lipinski definition) is 2. The smallest absolute Gasteiger partial charge is 0.321 e. The molecule has 2 aliphatic heterocycles. The van der Waals surface area contributed by atoms with Crippen molar-refractivity contribution in [3.05, 3.63) is 29.0 Å². The molecule has 25 heavy (non-hydrogen) atoms. The topological polar surface area (TPSA) is 64.7 Å². The van der Waals surface area contributed by atoms with Gasteiger partial charge in [0, 0.05) is 43.8 Å². The number of amides is 3. The Bertz CT molecular complexity index is 687. The van der Waals surface area contributed by atoms with E-state index in [4.69, 9.17) is 11.6 Å². The third-order valence-corrected chi connectivity index (χ3v) is 5.48. The van der Waals surface area contributed by atoms with E-state index in [1.807, 2.05) is 7.05 Å². The number of rotatable bonds is 1. The molecule has 0 bridgehead atoms. The van der Waals surface area contributed by atoms with Crippen LogP contribution in [0.4, 0.5) is 14.9 Å². The zero-order valence-electron chi connectivity index (χ0n) is 14.1. The van der Waals surface area contributed by atoms with Crippen LogP contribution in [0.5, 0.6) is 0 Å². The summed E-state index contributed by atoms with van der Waals surface area (Å²) in [5.74, 6) is -0.457. The Kier molecular flexibility index (Phi) is 5.15. The van der Waals surface area contributed by atoms with E-state index in [1.54, 1.807) is 4.90 Å². The van der Waals surface area contributed by atoms with E-state index in [9.17, 15) is 14.0 Å². The maximum absolute atomic E-state index is 13.2. The number of hydrogen-bond acceptors (Lipinski definition) is 3. The van der Waals surface area contributed by atoms with Crippen LogP contribution >= 0.6 is 11.6 Å². The molecule has 1 aromatic rings. The first-order chi connectivity index (χ1) is 11.9. The van der Waals surface area contributed by atoms with Crippen LogP contribution in [0.3, 0.4) is 0 Å². The molecule has 8 heteroatoms. The largest absolute Gasteiger partial charge is 0.356 e. The third kappa shape index (κ3) is 3.88. The number of halogens is 2. The highest BCUT2D eigenvalue weighted by atomic mass is 35.5. The van der Waals surface area contributed by atoms with Gasteiger partial charge in [0.25, 0.3) is 0 Å². The Labute approximate surface area is 151 Å². The number of benzene rings is 1. The van der Waals surface area contributed by atoms with Crippen molar-refractivity contribution in [3.8, 4) is 0 Å². The summed E-state index contributed by atoms with van der Waals surface area (Å²) < 4.78 is 13.2. The molecule has 1 atom stereocenters. The molecule has 1 spiro atoms. The molecular formula is C17H22ClFN4O2. The Hall–Kier alpha value is -1.86. The fourth-order valence-electron chi connectivity index (χ4n) is 3.55. The Balaban J connectivity index is 1.70. The highest BCUT2D eigenvalue weighted by Gasteiger charge is 2.42. The minimum absolute atomic E-state index is 0.0268. The van der Waals surface area contributed by atoms with Gasteiger partial charge < -0.3 is 15.5 Å². The summed E-state index contributed by atoms with van der Waals surface area (Å²) in [6.07, 6.45) is 2.00. The number of likely N-dealkylation sites (N-methyl/N-ethyl adjacent to an activating group) is 1. The number of carbonyl (C=O) groups excluding carboxylic acids is 2. The van der Waals surface area contributed by atoms with Crippen molar-refractivity contribution in [2.75, 3.05) is 38.5 Å². The summed E-state index contributed by atoms with van der Waals surface area (Å²) in [4.78, 5) is 28.3. The second kappa shape index (κ2) is 7.17. The van der Waals surface area contributed by atoms with Gasteiger partial charge in [-0.25, -0.2) is 9.18 Å². The van der Waals surface area contributed by atoms with Crippen molar-refractivity contribution in [1.82, 2.24) is 15.1 Å². The number of nitrogens with zero attached hydrogens (tertiary/aromatic N) is 2. The number of urea groups is 1. The molecule has 2 aliphatic rings. The minimum Gasteiger partial charge on any atom is -0.356 e. The monoisotopic (exact) mass is 368 g/mol. The van der Waals surface area contributed by atoms with Gasteiger partial charge in [-0.3, -0.25) is 9.69 Å². The van der Waals surface area contributed by atoms with Crippen LogP contribution in [0.15, 0.2) is 18.2 Å². The molecule has 2 fully saturated rings. The van der Waals surface area contributed by atoms with E-state index in [1.165, 1.54) is 18.2 Å². The Morgan fingerprint density at radius 3 is 2.92 bits per heavy atom. The van der Waals surface area contributed by atoms with Gasteiger partial charge in [-0.15, -0.1) is 0 Å². The normalized spacial score (nSPS) is 24.8. The SMILES string of the molecule is CN1CCN(C(=O)Nc2ccc(F)c(Cl)c2)C[C@]12CCNC(=O)CC2. The van der Waals surface area contributed by atoms with Crippen LogP contribution in [0.2, 0.25) is 5.02 Å². The van der Waals surface area contributed by atoms with E-state index in [0.29, 0.717) is 31.7 Å². The van der Waals surface area contributed by atoms with Crippen molar-refractivity contribution >= 4 is 29.2 Å². The van der Waals surface area contributed by atoms with Crippen LogP contribution in [0, 0.1) is 5.82 Å². The van der Waals surface area contributed by atoms with Gasteiger partial charge in [0.15, 0.2) is 0 Å². The van der Waals surface area contributed by atoms with E-state index in [-0.39, 0.29) is 22.5 Å². The minimum atomic E-state index is -0.520. The highest BCUT2D eigenvalue weighted by Crippen LogP contribution is 2.30. The second-order valence-electron chi connectivity index (χ2n) is 6.73. The second-order valence-corrected chi connectivity index (χ2v) is 7.13. The fraction of sp³-hybridized carbons (Fsp3) is 0.529. The van der Waals surface area contributed by atoms with Crippen LogP contribution in [0.1, 0.15) is 19.3 Å². The van der Waals surface area contributed by atoms with Gasteiger partial charge in [-0.2, -0.15) is 0 Å². The molecule has 2 heterocycles. The first-order valence-corrected chi connectivity index (χ1v) is 8.76. The lowest BCUT2D eigenvalue weighted by Gasteiger charge is -2.49. The molecule has 136 valence electrons. The average Bonchev–Trinajstić information content (AvgIpc) is 2.76. The molecule has 1 aromatic carbocycles. The zero-order valence-corrected chi connectivity index (χ0v) is 14.9. The van der Waals surface area contributed by atoms with Crippen molar-refractivity contribution in [1.29, 1.82) is 0 Å². The number of carbonyl (C=O) groups is 2. The van der Waals surface area contributed by atoms with Gasteiger partial charge in [0.2, 0.25) is 5.91 Å². The maximum Gasteiger partial charge on any atom is 0.321 e. The third-order valence-electron chi connectivity index (χ3n) is 5.19. The molecule has 0 aromatic heterocycles. The number of piperazine rings is 1. The Morgan fingerprint density at radius 2 is 2.16 bits per heavy atom. The fourth-order valence-corrected chi connectivity index (χ4v) is 3.73. The molecule has 2 saturated heterocycles. The van der Waals surface area contributed by atoms with Gasteiger partial charge in [0.1, 0.15) is 5.82 Å². The lowest BCUT2D eigenvalue weighted by molar-refractivity contribution is -0.121. The van der Waals surface area contributed by atoms with Crippen molar-refractivity contribution in [3.63, 3.8) is 0 Å². The first kappa shape index (κ1) is 17.9. The van der Waals surface area contributed by atoms with Gasteiger partial charge in [-0.1, -0.05) is 11.6 Å².